The third-order valence-corrected chi connectivity index (χ3v) is 2.69. The lowest BCUT2D eigenvalue weighted by atomic mass is 10.2. The van der Waals surface area contributed by atoms with Crippen LogP contribution in [0.3, 0.4) is 0 Å². The number of hydrogen-bond acceptors (Lipinski definition) is 0. The molecule has 1 N–H and O–H groups in total. The zero-order valence-electron chi connectivity index (χ0n) is 8.45. The van der Waals surface area contributed by atoms with E-state index in [0.29, 0.717) is 10.0 Å². The lowest BCUT2D eigenvalue weighted by Crippen LogP contribution is -2.61. The van der Waals surface area contributed by atoms with Crippen molar-refractivity contribution in [2.45, 2.75) is 0 Å². The molecular weight excluding hydrogens is 241 g/mol. The molecule has 0 aromatic heterocycles. The van der Waals surface area contributed by atoms with Crippen LogP contribution >= 0.6 is 23.2 Å². The zero-order valence-corrected chi connectivity index (χ0v) is 9.96. The Balaban J connectivity index is 2.24. The molecule has 0 spiro atoms. The first kappa shape index (κ1) is 11.2. The second kappa shape index (κ2) is 5.15. The number of rotatable bonds is 2. The smallest absolute Gasteiger partial charge is 0.203 e. The third-order valence-electron chi connectivity index (χ3n) is 2.13. The quantitative estimate of drug-likeness (QED) is 0.789. The van der Waals surface area contributed by atoms with Crippen LogP contribution in [0.1, 0.15) is 5.56 Å². The van der Waals surface area contributed by atoms with Crippen molar-refractivity contribution in [2.75, 3.05) is 0 Å². The summed E-state index contributed by atoms with van der Waals surface area (Å²) in [5.41, 5.74) is 1.93. The summed E-state index contributed by atoms with van der Waals surface area (Å²) in [6.45, 7) is 0. The molecule has 0 amide bonds. The highest BCUT2D eigenvalue weighted by atomic mass is 35.5. The lowest BCUT2D eigenvalue weighted by molar-refractivity contribution is -0.346. The van der Waals surface area contributed by atoms with Gasteiger partial charge in [0.25, 0.3) is 0 Å². The largest absolute Gasteiger partial charge is 0.211 e. The monoisotopic (exact) mass is 250 g/mol. The maximum atomic E-state index is 6.04. The van der Waals surface area contributed by atoms with Crippen LogP contribution in [-0.2, 0) is 0 Å². The second-order valence-corrected chi connectivity index (χ2v) is 4.16. The first-order valence-electron chi connectivity index (χ1n) is 4.85. The van der Waals surface area contributed by atoms with E-state index >= 15 is 0 Å². The first-order chi connectivity index (χ1) is 7.75. The van der Waals surface area contributed by atoms with Crippen molar-refractivity contribution in [1.29, 1.82) is 0 Å². The molecule has 2 rings (SSSR count). The predicted molar refractivity (Wildman–Crippen MR) is 68.7 cm³/mol. The van der Waals surface area contributed by atoms with E-state index in [0.717, 1.165) is 11.3 Å². The van der Waals surface area contributed by atoms with E-state index in [1.165, 1.54) is 0 Å². The standard InChI is InChI=1S/C13H9Cl2N/c14-11-7-6-10(13(15)8-11)9-16-12-4-2-1-3-5-12/h1-9H/p+1. The van der Waals surface area contributed by atoms with Gasteiger partial charge in [0.15, 0.2) is 6.21 Å². The van der Waals surface area contributed by atoms with E-state index < -0.39 is 0 Å². The van der Waals surface area contributed by atoms with Gasteiger partial charge in [-0.1, -0.05) is 41.4 Å². The molecule has 2 aromatic carbocycles. The van der Waals surface area contributed by atoms with Crippen molar-refractivity contribution in [3.05, 3.63) is 64.1 Å². The van der Waals surface area contributed by atoms with Gasteiger partial charge in [0, 0.05) is 17.2 Å². The molecule has 0 saturated heterocycles. The molecule has 2 aromatic rings. The van der Waals surface area contributed by atoms with Crippen LogP contribution in [0.15, 0.2) is 48.5 Å². The maximum Gasteiger partial charge on any atom is 0.203 e. The minimum atomic E-state index is 0.635. The van der Waals surface area contributed by atoms with Crippen LogP contribution in [0, 0.1) is 0 Å². The molecule has 0 aliphatic carbocycles. The summed E-state index contributed by atoms with van der Waals surface area (Å²) in [6, 6.07) is 15.3. The molecule has 0 fully saturated rings. The number of benzene rings is 2. The fourth-order valence-corrected chi connectivity index (χ4v) is 1.78. The lowest BCUT2D eigenvalue weighted by Gasteiger charge is -1.94. The topological polar surface area (TPSA) is 14.0 Å². The second-order valence-electron chi connectivity index (χ2n) is 3.32. The summed E-state index contributed by atoms with van der Waals surface area (Å²) < 4.78 is 0. The molecular formula is C13H10Cl2N+. The van der Waals surface area contributed by atoms with Gasteiger partial charge in [-0.2, -0.15) is 0 Å². The molecule has 0 aliphatic rings. The van der Waals surface area contributed by atoms with Crippen molar-refractivity contribution in [2.24, 2.45) is 0 Å². The Hall–Kier alpha value is -1.31. The van der Waals surface area contributed by atoms with Crippen molar-refractivity contribution < 1.29 is 4.99 Å². The van der Waals surface area contributed by atoms with Crippen LogP contribution in [0.4, 0.5) is 5.69 Å². The average molecular weight is 251 g/mol. The fourth-order valence-electron chi connectivity index (χ4n) is 1.31. The highest BCUT2D eigenvalue weighted by molar-refractivity contribution is 6.36. The van der Waals surface area contributed by atoms with E-state index in [1.54, 1.807) is 6.07 Å². The van der Waals surface area contributed by atoms with Crippen molar-refractivity contribution in [3.8, 4) is 0 Å². The molecule has 80 valence electrons. The molecule has 0 radical (unpaired) electrons. The van der Waals surface area contributed by atoms with Gasteiger partial charge in [-0.3, -0.25) is 0 Å². The van der Waals surface area contributed by atoms with Crippen LogP contribution in [-0.4, -0.2) is 6.21 Å². The molecule has 16 heavy (non-hydrogen) atoms. The zero-order chi connectivity index (χ0) is 11.4. The molecule has 0 saturated carbocycles. The molecule has 0 aliphatic heterocycles. The Bertz CT molecular complexity index is 507. The van der Waals surface area contributed by atoms with Gasteiger partial charge in [-0.05, 0) is 18.2 Å². The van der Waals surface area contributed by atoms with Gasteiger partial charge < -0.3 is 0 Å². The summed E-state index contributed by atoms with van der Waals surface area (Å²) in [5, 5.41) is 1.28. The first-order valence-corrected chi connectivity index (χ1v) is 5.61. The van der Waals surface area contributed by atoms with E-state index in [4.69, 9.17) is 23.2 Å². The average Bonchev–Trinajstić information content (AvgIpc) is 2.29. The molecule has 0 atom stereocenters. The highest BCUT2D eigenvalue weighted by Crippen LogP contribution is 2.18. The summed E-state index contributed by atoms with van der Waals surface area (Å²) in [5.74, 6) is 0. The molecule has 0 unspecified atom stereocenters. The molecule has 1 nitrogen and oxygen atoms in total. The summed E-state index contributed by atoms with van der Waals surface area (Å²) in [6.07, 6.45) is 1.86. The maximum absolute atomic E-state index is 6.04. The minimum absolute atomic E-state index is 0.635. The number of nitrogens with one attached hydrogen (secondary N) is 1. The third kappa shape index (κ3) is 2.84. The Morgan fingerprint density at radius 1 is 0.938 bits per heavy atom. The van der Waals surface area contributed by atoms with Crippen LogP contribution in [0.2, 0.25) is 10.0 Å². The molecule has 3 heteroatoms. The van der Waals surface area contributed by atoms with Gasteiger partial charge in [0.1, 0.15) is 0 Å². The van der Waals surface area contributed by atoms with Crippen molar-refractivity contribution >= 4 is 35.1 Å². The number of para-hydroxylation sites is 1. The van der Waals surface area contributed by atoms with Gasteiger partial charge in [0.2, 0.25) is 5.69 Å². The summed E-state index contributed by atoms with van der Waals surface area (Å²) in [7, 11) is 0. The summed E-state index contributed by atoms with van der Waals surface area (Å²) in [4.78, 5) is 3.17. The Morgan fingerprint density at radius 2 is 1.69 bits per heavy atom. The van der Waals surface area contributed by atoms with Gasteiger partial charge in [-0.25, -0.2) is 4.99 Å². The highest BCUT2D eigenvalue weighted by Gasteiger charge is 2.01. The van der Waals surface area contributed by atoms with E-state index in [-0.39, 0.29) is 0 Å². The summed E-state index contributed by atoms with van der Waals surface area (Å²) >= 11 is 11.9. The number of halogens is 2. The van der Waals surface area contributed by atoms with Gasteiger partial charge in [-0.15, -0.1) is 0 Å². The Labute approximate surface area is 104 Å². The molecule has 0 heterocycles. The predicted octanol–water partition coefficient (Wildman–Crippen LogP) is 2.82. The minimum Gasteiger partial charge on any atom is -0.211 e. The van der Waals surface area contributed by atoms with E-state index in [2.05, 4.69) is 4.99 Å². The van der Waals surface area contributed by atoms with Crippen LogP contribution < -0.4 is 4.99 Å². The molecule has 0 bridgehead atoms. The van der Waals surface area contributed by atoms with Gasteiger partial charge in [0.05, 0.1) is 10.6 Å². The number of hydrogen-bond donors (Lipinski definition) is 1. The Kier molecular flexibility index (Phi) is 3.60. The normalized spacial score (nSPS) is 10.9. The fraction of sp³-hybridized carbons (Fsp3) is 0. The van der Waals surface area contributed by atoms with E-state index in [1.807, 2.05) is 48.7 Å². The van der Waals surface area contributed by atoms with Crippen molar-refractivity contribution in [3.63, 3.8) is 0 Å². The van der Waals surface area contributed by atoms with Crippen molar-refractivity contribution in [1.82, 2.24) is 0 Å². The SMILES string of the molecule is Clc1ccc(C=[NH+]c2ccccc2)c(Cl)c1. The van der Waals surface area contributed by atoms with E-state index in [9.17, 15) is 0 Å². The Morgan fingerprint density at radius 3 is 2.38 bits per heavy atom. The van der Waals surface area contributed by atoms with Crippen LogP contribution in [0.25, 0.3) is 0 Å². The van der Waals surface area contributed by atoms with Crippen LogP contribution in [0.5, 0.6) is 0 Å². The van der Waals surface area contributed by atoms with Gasteiger partial charge >= 0.3 is 0 Å².